The smallest absolute Gasteiger partial charge is 0.263 e. The number of nitriles is 1. The van der Waals surface area contributed by atoms with Gasteiger partial charge in [-0.25, -0.2) is 13.1 Å². The third kappa shape index (κ3) is 4.89. The van der Waals surface area contributed by atoms with Crippen LogP contribution in [0.15, 0.2) is 77.2 Å². The van der Waals surface area contributed by atoms with Crippen LogP contribution in [-0.4, -0.2) is 18.2 Å². The van der Waals surface area contributed by atoms with Crippen molar-refractivity contribution in [3.05, 3.63) is 89.1 Å². The van der Waals surface area contributed by atoms with Crippen LogP contribution < -0.4 is 4.72 Å². The van der Waals surface area contributed by atoms with Crippen LogP contribution in [-0.2, 0) is 22.6 Å². The fraction of sp³-hybridized carbons (Fsp3) is 0.167. The van der Waals surface area contributed by atoms with E-state index in [1.165, 1.54) is 4.68 Å². The Morgan fingerprint density at radius 3 is 2.47 bits per heavy atom. The molecule has 1 aliphatic rings. The lowest BCUT2D eigenvalue weighted by Gasteiger charge is -2.16. The highest BCUT2D eigenvalue weighted by atomic mass is 32.2. The Morgan fingerprint density at radius 2 is 1.79 bits per heavy atom. The molecule has 6 nitrogen and oxygen atoms in total. The van der Waals surface area contributed by atoms with Crippen molar-refractivity contribution in [2.45, 2.75) is 30.8 Å². The van der Waals surface area contributed by atoms with E-state index in [0.717, 1.165) is 42.0 Å². The molecular formula is C24H19F3N4O2S. The molecule has 0 bridgehead atoms. The van der Waals surface area contributed by atoms with Crippen molar-refractivity contribution >= 4 is 15.8 Å². The van der Waals surface area contributed by atoms with Crippen molar-refractivity contribution in [1.82, 2.24) is 14.5 Å². The van der Waals surface area contributed by atoms with Crippen LogP contribution in [0.2, 0.25) is 0 Å². The van der Waals surface area contributed by atoms with Crippen LogP contribution in [0.25, 0.3) is 17.1 Å². The molecule has 2 heterocycles. The van der Waals surface area contributed by atoms with Gasteiger partial charge in [0.25, 0.3) is 10.0 Å². The molecule has 0 saturated carbocycles. The summed E-state index contributed by atoms with van der Waals surface area (Å²) in [6.45, 7) is 1.92. The molecule has 3 aromatic rings. The monoisotopic (exact) mass is 484 g/mol. The van der Waals surface area contributed by atoms with Crippen molar-refractivity contribution in [2.24, 2.45) is 0 Å². The third-order valence-corrected chi connectivity index (χ3v) is 6.70. The quantitative estimate of drug-likeness (QED) is 0.558. The van der Waals surface area contributed by atoms with Gasteiger partial charge in [0.2, 0.25) is 0 Å². The lowest BCUT2D eigenvalue weighted by molar-refractivity contribution is -0.137. The number of aryl methyl sites for hydroxylation is 1. The predicted octanol–water partition coefficient (Wildman–Crippen LogP) is 5.11. The topological polar surface area (TPSA) is 87.8 Å². The van der Waals surface area contributed by atoms with Crippen molar-refractivity contribution in [2.75, 3.05) is 0 Å². The molecule has 0 fully saturated rings. The summed E-state index contributed by atoms with van der Waals surface area (Å²) < 4.78 is 68.5. The minimum atomic E-state index is -4.57. The average molecular weight is 485 g/mol. The first-order valence-corrected chi connectivity index (χ1v) is 11.7. The Kier molecular flexibility index (Phi) is 6.06. The first-order valence-electron chi connectivity index (χ1n) is 10.2. The van der Waals surface area contributed by atoms with Crippen LogP contribution in [0.4, 0.5) is 13.2 Å². The van der Waals surface area contributed by atoms with Crippen LogP contribution in [0.1, 0.15) is 30.2 Å². The molecule has 0 amide bonds. The molecule has 10 heteroatoms. The van der Waals surface area contributed by atoms with Gasteiger partial charge in [0, 0.05) is 11.3 Å². The summed E-state index contributed by atoms with van der Waals surface area (Å²) in [4.78, 5) is -0.306. The molecule has 0 atom stereocenters. The summed E-state index contributed by atoms with van der Waals surface area (Å²) in [5.74, 6) is 0.136. The molecule has 0 spiro atoms. The van der Waals surface area contributed by atoms with Gasteiger partial charge in [0.15, 0.2) is 0 Å². The number of alkyl halides is 3. The van der Waals surface area contributed by atoms with E-state index in [1.54, 1.807) is 36.4 Å². The van der Waals surface area contributed by atoms with Gasteiger partial charge in [-0.1, -0.05) is 23.8 Å². The predicted molar refractivity (Wildman–Crippen MR) is 120 cm³/mol. The van der Waals surface area contributed by atoms with Gasteiger partial charge in [0.05, 0.1) is 27.8 Å². The van der Waals surface area contributed by atoms with Gasteiger partial charge < -0.3 is 0 Å². The number of hydrogen-bond donors (Lipinski definition) is 1. The highest BCUT2D eigenvalue weighted by Crippen LogP contribution is 2.30. The van der Waals surface area contributed by atoms with Gasteiger partial charge in [-0.05, 0) is 68.3 Å². The number of hydrogen-bond acceptors (Lipinski definition) is 4. The summed E-state index contributed by atoms with van der Waals surface area (Å²) >= 11 is 0. The minimum absolute atomic E-state index is 0.136. The zero-order chi connectivity index (χ0) is 24.5. The molecule has 1 aromatic heterocycles. The van der Waals surface area contributed by atoms with Crippen molar-refractivity contribution in [3.8, 4) is 17.3 Å². The standard InChI is InChI=1S/C24H19F3N4O2S/c1-16-5-9-20-14-22(18-4-2-3-17(13-18)15-28)29-31(20)23(12-6-16)30-34(32,33)21-10-7-19(8-11-21)24(25,26)27/h2-4,6-8,10-14,30H,5,9H2,1H3. The Hall–Kier alpha value is -3.84. The Labute approximate surface area is 194 Å². The average Bonchev–Trinajstić information content (AvgIpc) is 3.23. The second-order valence-electron chi connectivity index (χ2n) is 7.82. The number of sulfonamides is 1. The number of allylic oxidation sites excluding steroid dienone is 3. The van der Waals surface area contributed by atoms with Gasteiger partial charge in [-0.2, -0.15) is 23.5 Å². The lowest BCUT2D eigenvalue weighted by atomic mass is 10.1. The van der Waals surface area contributed by atoms with Crippen molar-refractivity contribution in [3.63, 3.8) is 0 Å². The highest BCUT2D eigenvalue weighted by molar-refractivity contribution is 7.89. The third-order valence-electron chi connectivity index (χ3n) is 5.33. The Balaban J connectivity index is 1.72. The highest BCUT2D eigenvalue weighted by Gasteiger charge is 2.31. The van der Waals surface area contributed by atoms with E-state index in [4.69, 9.17) is 0 Å². The molecule has 0 radical (unpaired) electrons. The number of halogens is 3. The fourth-order valence-corrected chi connectivity index (χ4v) is 4.53. The van der Waals surface area contributed by atoms with Crippen LogP contribution in [0.5, 0.6) is 0 Å². The normalized spacial score (nSPS) is 14.2. The van der Waals surface area contributed by atoms with E-state index in [-0.39, 0.29) is 10.7 Å². The maximum atomic E-state index is 13.0. The van der Waals surface area contributed by atoms with Crippen LogP contribution >= 0.6 is 0 Å². The summed E-state index contributed by atoms with van der Waals surface area (Å²) in [6, 6.07) is 14.1. The molecule has 34 heavy (non-hydrogen) atoms. The minimum Gasteiger partial charge on any atom is -0.263 e. The van der Waals surface area contributed by atoms with Crippen molar-refractivity contribution < 1.29 is 21.6 Å². The van der Waals surface area contributed by atoms with E-state index in [2.05, 4.69) is 15.9 Å². The van der Waals surface area contributed by atoms with Gasteiger partial charge in [0.1, 0.15) is 5.82 Å². The van der Waals surface area contributed by atoms with Gasteiger partial charge in [-0.15, -0.1) is 0 Å². The molecule has 2 aromatic carbocycles. The number of nitrogens with one attached hydrogen (secondary N) is 1. The van der Waals surface area contributed by atoms with E-state index in [0.29, 0.717) is 23.2 Å². The van der Waals surface area contributed by atoms with E-state index in [9.17, 15) is 26.9 Å². The largest absolute Gasteiger partial charge is 0.416 e. The molecule has 4 rings (SSSR count). The Bertz CT molecular complexity index is 1440. The molecule has 0 aliphatic carbocycles. The number of benzene rings is 2. The zero-order valence-corrected chi connectivity index (χ0v) is 18.8. The molecule has 1 aliphatic heterocycles. The summed E-state index contributed by atoms with van der Waals surface area (Å²) in [7, 11) is -4.20. The number of fused-ring (bicyclic) bond motifs is 1. The zero-order valence-electron chi connectivity index (χ0n) is 18.0. The molecule has 1 N–H and O–H groups in total. The summed E-state index contributed by atoms with van der Waals surface area (Å²) in [5, 5.41) is 13.7. The molecular weight excluding hydrogens is 465 g/mol. The number of nitrogens with zero attached hydrogens (tertiary/aromatic N) is 3. The summed E-state index contributed by atoms with van der Waals surface area (Å²) in [6.07, 6.45) is 0.0993. The SMILES string of the molecule is CC1=CC=C(NS(=O)(=O)c2ccc(C(F)(F)F)cc2)n2nc(-c3cccc(C#N)c3)cc2CC1. The second kappa shape index (κ2) is 8.83. The second-order valence-corrected chi connectivity index (χ2v) is 9.50. The maximum absolute atomic E-state index is 13.0. The van der Waals surface area contributed by atoms with Gasteiger partial charge >= 0.3 is 6.18 Å². The van der Waals surface area contributed by atoms with Crippen molar-refractivity contribution in [1.29, 1.82) is 5.26 Å². The van der Waals surface area contributed by atoms with E-state index < -0.39 is 21.8 Å². The maximum Gasteiger partial charge on any atom is 0.416 e. The Morgan fingerprint density at radius 1 is 1.06 bits per heavy atom. The van der Waals surface area contributed by atoms with Crippen LogP contribution in [0, 0.1) is 11.3 Å². The number of rotatable bonds is 4. The molecule has 0 saturated heterocycles. The first-order chi connectivity index (χ1) is 16.1. The number of aromatic nitrogens is 2. The lowest BCUT2D eigenvalue weighted by Crippen LogP contribution is -2.27. The van der Waals surface area contributed by atoms with Gasteiger partial charge in [-0.3, -0.25) is 4.72 Å². The first kappa shape index (κ1) is 23.3. The molecule has 174 valence electrons. The van der Waals surface area contributed by atoms with E-state index in [1.807, 2.05) is 13.0 Å². The van der Waals surface area contributed by atoms with Crippen LogP contribution in [0.3, 0.4) is 0 Å². The fourth-order valence-electron chi connectivity index (χ4n) is 3.49. The summed E-state index contributed by atoms with van der Waals surface area (Å²) in [5.41, 5.74) is 2.56. The van der Waals surface area contributed by atoms with E-state index >= 15 is 0 Å². The molecule has 0 unspecified atom stereocenters.